The average Bonchev–Trinajstić information content (AvgIpc) is 2.11. The van der Waals surface area contributed by atoms with Crippen molar-refractivity contribution in [1.82, 2.24) is 0 Å². The molecule has 0 atom stereocenters. The number of carbonyl (C=O) groups is 2. The molecule has 0 spiro atoms. The van der Waals surface area contributed by atoms with Crippen LogP contribution < -0.4 is 5.32 Å². The topological polar surface area (TPSA) is 46.2 Å². The maximum absolute atomic E-state index is 11.0. The summed E-state index contributed by atoms with van der Waals surface area (Å²) in [6.07, 6.45) is 0. The summed E-state index contributed by atoms with van der Waals surface area (Å²) < 4.78 is 0. The first-order valence-corrected chi connectivity index (χ1v) is 4.46. The SMILES string of the molecule is CC(=O)C(=O)Nc1ccc(C)c(Cl)c1. The van der Waals surface area contributed by atoms with Crippen LogP contribution in [0.25, 0.3) is 0 Å². The lowest BCUT2D eigenvalue weighted by Gasteiger charge is -2.04. The fourth-order valence-corrected chi connectivity index (χ4v) is 1.07. The zero-order chi connectivity index (χ0) is 10.7. The maximum atomic E-state index is 11.0. The summed E-state index contributed by atoms with van der Waals surface area (Å²) >= 11 is 5.84. The number of rotatable bonds is 2. The summed E-state index contributed by atoms with van der Waals surface area (Å²) in [4.78, 5) is 21.7. The van der Waals surface area contributed by atoms with Crippen LogP contribution in [-0.4, -0.2) is 11.7 Å². The molecule has 3 nitrogen and oxygen atoms in total. The Kier molecular flexibility index (Phi) is 3.25. The van der Waals surface area contributed by atoms with Gasteiger partial charge in [-0.3, -0.25) is 9.59 Å². The normalized spacial score (nSPS) is 9.64. The highest BCUT2D eigenvalue weighted by atomic mass is 35.5. The zero-order valence-corrected chi connectivity index (χ0v) is 8.68. The van der Waals surface area contributed by atoms with Crippen LogP contribution in [0.1, 0.15) is 12.5 Å². The van der Waals surface area contributed by atoms with Gasteiger partial charge in [0.1, 0.15) is 0 Å². The van der Waals surface area contributed by atoms with E-state index in [1.165, 1.54) is 6.92 Å². The van der Waals surface area contributed by atoms with Gasteiger partial charge in [-0.1, -0.05) is 17.7 Å². The van der Waals surface area contributed by atoms with Gasteiger partial charge in [0.25, 0.3) is 5.91 Å². The van der Waals surface area contributed by atoms with Crippen molar-refractivity contribution >= 4 is 29.0 Å². The van der Waals surface area contributed by atoms with Crippen LogP contribution in [0, 0.1) is 6.92 Å². The Hall–Kier alpha value is -1.35. The fourth-order valence-electron chi connectivity index (χ4n) is 0.890. The predicted octanol–water partition coefficient (Wildman–Crippen LogP) is 2.18. The maximum Gasteiger partial charge on any atom is 0.291 e. The molecule has 0 saturated heterocycles. The molecule has 4 heteroatoms. The molecule has 1 aromatic carbocycles. The van der Waals surface area contributed by atoms with E-state index in [0.29, 0.717) is 10.7 Å². The van der Waals surface area contributed by atoms with Crippen LogP contribution in [0.3, 0.4) is 0 Å². The minimum atomic E-state index is -0.634. The number of halogens is 1. The number of hydrogen-bond donors (Lipinski definition) is 1. The van der Waals surface area contributed by atoms with Gasteiger partial charge in [0.05, 0.1) is 0 Å². The number of benzene rings is 1. The number of carbonyl (C=O) groups excluding carboxylic acids is 2. The molecule has 0 heterocycles. The third-order valence-corrected chi connectivity index (χ3v) is 2.16. The summed E-state index contributed by atoms with van der Waals surface area (Å²) in [7, 11) is 0. The van der Waals surface area contributed by atoms with Gasteiger partial charge in [0.2, 0.25) is 5.78 Å². The van der Waals surface area contributed by atoms with Crippen LogP contribution >= 0.6 is 11.6 Å². The van der Waals surface area contributed by atoms with Crippen LogP contribution in [0.4, 0.5) is 5.69 Å². The molecule has 0 bridgehead atoms. The molecule has 0 saturated carbocycles. The van der Waals surface area contributed by atoms with Gasteiger partial charge in [-0.2, -0.15) is 0 Å². The summed E-state index contributed by atoms with van der Waals surface area (Å²) in [5.74, 6) is -1.16. The number of nitrogens with one attached hydrogen (secondary N) is 1. The Morgan fingerprint density at radius 3 is 2.50 bits per heavy atom. The molecular formula is C10H10ClNO2. The minimum Gasteiger partial charge on any atom is -0.319 e. The molecule has 0 aliphatic rings. The molecular weight excluding hydrogens is 202 g/mol. The molecule has 0 aromatic heterocycles. The van der Waals surface area contributed by atoms with Gasteiger partial charge < -0.3 is 5.32 Å². The molecule has 1 amide bonds. The quantitative estimate of drug-likeness (QED) is 0.763. The van der Waals surface area contributed by atoms with Crippen LogP contribution in [0.5, 0.6) is 0 Å². The van der Waals surface area contributed by atoms with Gasteiger partial charge in [0.15, 0.2) is 0 Å². The lowest BCUT2D eigenvalue weighted by molar-refractivity contribution is -0.133. The van der Waals surface area contributed by atoms with Gasteiger partial charge in [-0.05, 0) is 24.6 Å². The number of anilines is 1. The van der Waals surface area contributed by atoms with Gasteiger partial charge >= 0.3 is 0 Å². The number of aryl methyl sites for hydroxylation is 1. The van der Waals surface area contributed by atoms with E-state index in [0.717, 1.165) is 5.56 Å². The molecule has 0 radical (unpaired) electrons. The third-order valence-electron chi connectivity index (χ3n) is 1.75. The summed E-state index contributed by atoms with van der Waals surface area (Å²) in [6, 6.07) is 5.08. The van der Waals surface area contributed by atoms with Crippen molar-refractivity contribution in [1.29, 1.82) is 0 Å². The van der Waals surface area contributed by atoms with E-state index >= 15 is 0 Å². The first-order valence-electron chi connectivity index (χ1n) is 4.09. The fraction of sp³-hybridized carbons (Fsp3) is 0.200. The van der Waals surface area contributed by atoms with E-state index in [-0.39, 0.29) is 0 Å². The number of Topliss-reactive ketones (excluding diaryl/α,β-unsaturated/α-hetero) is 1. The Balaban J connectivity index is 2.83. The molecule has 0 fully saturated rings. The lowest BCUT2D eigenvalue weighted by atomic mass is 10.2. The molecule has 1 rings (SSSR count). The second-order valence-electron chi connectivity index (χ2n) is 2.97. The van der Waals surface area contributed by atoms with Gasteiger partial charge in [0, 0.05) is 17.6 Å². The van der Waals surface area contributed by atoms with E-state index < -0.39 is 11.7 Å². The molecule has 1 N–H and O–H groups in total. The van der Waals surface area contributed by atoms with Gasteiger partial charge in [-0.25, -0.2) is 0 Å². The highest BCUT2D eigenvalue weighted by Crippen LogP contribution is 2.19. The highest BCUT2D eigenvalue weighted by molar-refractivity contribution is 6.40. The third kappa shape index (κ3) is 2.57. The van der Waals surface area contributed by atoms with Gasteiger partial charge in [-0.15, -0.1) is 0 Å². The zero-order valence-electron chi connectivity index (χ0n) is 7.93. The Bertz CT molecular complexity index is 388. The Morgan fingerprint density at radius 2 is 2.00 bits per heavy atom. The second-order valence-corrected chi connectivity index (χ2v) is 3.38. The molecule has 14 heavy (non-hydrogen) atoms. The predicted molar refractivity (Wildman–Crippen MR) is 55.5 cm³/mol. The first-order chi connectivity index (χ1) is 6.50. The summed E-state index contributed by atoms with van der Waals surface area (Å²) in [5.41, 5.74) is 1.45. The molecule has 1 aromatic rings. The minimum absolute atomic E-state index is 0.526. The van der Waals surface area contributed by atoms with Crippen molar-refractivity contribution in [3.8, 4) is 0 Å². The van der Waals surface area contributed by atoms with Crippen molar-refractivity contribution in [3.63, 3.8) is 0 Å². The standard InChI is InChI=1S/C10H10ClNO2/c1-6-3-4-8(5-9(6)11)12-10(14)7(2)13/h3-5H,1-2H3,(H,12,14). The monoisotopic (exact) mass is 211 g/mol. The average molecular weight is 212 g/mol. The molecule has 0 aliphatic heterocycles. The van der Waals surface area contributed by atoms with Crippen LogP contribution in [-0.2, 0) is 9.59 Å². The lowest BCUT2D eigenvalue weighted by Crippen LogP contribution is -2.19. The molecule has 0 aliphatic carbocycles. The smallest absolute Gasteiger partial charge is 0.291 e. The van der Waals surface area contributed by atoms with E-state index in [4.69, 9.17) is 11.6 Å². The molecule has 0 unspecified atom stereocenters. The number of ketones is 1. The van der Waals surface area contributed by atoms with E-state index in [9.17, 15) is 9.59 Å². The first kappa shape index (κ1) is 10.7. The highest BCUT2D eigenvalue weighted by Gasteiger charge is 2.07. The largest absolute Gasteiger partial charge is 0.319 e. The van der Waals surface area contributed by atoms with Crippen molar-refractivity contribution in [2.45, 2.75) is 13.8 Å². The Morgan fingerprint density at radius 1 is 1.36 bits per heavy atom. The number of amides is 1. The number of hydrogen-bond acceptors (Lipinski definition) is 2. The molecule has 74 valence electrons. The van der Waals surface area contributed by atoms with E-state index in [1.807, 2.05) is 6.92 Å². The summed E-state index contributed by atoms with van der Waals surface area (Å²) in [5, 5.41) is 3.00. The van der Waals surface area contributed by atoms with Crippen molar-refractivity contribution in [2.24, 2.45) is 0 Å². The summed E-state index contributed by atoms with van der Waals surface area (Å²) in [6.45, 7) is 3.07. The van der Waals surface area contributed by atoms with Crippen LogP contribution in [0.2, 0.25) is 5.02 Å². The van der Waals surface area contributed by atoms with Crippen molar-refractivity contribution < 1.29 is 9.59 Å². The van der Waals surface area contributed by atoms with Crippen molar-refractivity contribution in [2.75, 3.05) is 5.32 Å². The van der Waals surface area contributed by atoms with E-state index in [1.54, 1.807) is 18.2 Å². The second kappa shape index (κ2) is 4.24. The van der Waals surface area contributed by atoms with Crippen LogP contribution in [0.15, 0.2) is 18.2 Å². The van der Waals surface area contributed by atoms with Crippen molar-refractivity contribution in [3.05, 3.63) is 28.8 Å². The van der Waals surface area contributed by atoms with E-state index in [2.05, 4.69) is 5.32 Å². The Labute approximate surface area is 87.1 Å².